The van der Waals surface area contributed by atoms with Crippen molar-refractivity contribution < 1.29 is 13.9 Å². The first-order chi connectivity index (χ1) is 12.7. The Balaban J connectivity index is 1.88. The predicted molar refractivity (Wildman–Crippen MR) is 102 cm³/mol. The van der Waals surface area contributed by atoms with Crippen LogP contribution in [0.15, 0.2) is 66.7 Å². The summed E-state index contributed by atoms with van der Waals surface area (Å²) in [5.74, 6) is 1.45. The Bertz CT molecular complexity index is 970. The molecule has 0 N–H and O–H groups in total. The number of methoxy groups -OCH3 is 2. The van der Waals surface area contributed by atoms with Gasteiger partial charge in [0.05, 0.1) is 14.2 Å². The van der Waals surface area contributed by atoms with Crippen LogP contribution in [0, 0.1) is 5.82 Å². The zero-order valence-corrected chi connectivity index (χ0v) is 14.8. The molecule has 0 unspecified atom stereocenters. The average molecular weight is 346 g/mol. The van der Waals surface area contributed by atoms with Gasteiger partial charge in [-0.25, -0.2) is 4.39 Å². The number of halogens is 1. The molecule has 4 rings (SSSR count). The molecule has 0 fully saturated rings. The summed E-state index contributed by atoms with van der Waals surface area (Å²) in [7, 11) is 3.34. The number of allylic oxidation sites excluding steroid dienone is 1. The quantitative estimate of drug-likeness (QED) is 0.633. The minimum absolute atomic E-state index is 0.228. The van der Waals surface area contributed by atoms with E-state index in [2.05, 4.69) is 24.3 Å². The first-order valence-electron chi connectivity index (χ1n) is 8.50. The normalized spacial score (nSPS) is 12.9. The third-order valence-corrected chi connectivity index (χ3v) is 4.82. The lowest BCUT2D eigenvalue weighted by molar-refractivity contribution is 0.414. The van der Waals surface area contributed by atoms with Crippen LogP contribution in [0.25, 0.3) is 11.1 Å². The van der Waals surface area contributed by atoms with E-state index in [9.17, 15) is 4.39 Å². The summed E-state index contributed by atoms with van der Waals surface area (Å²) < 4.78 is 24.1. The minimum Gasteiger partial charge on any atom is -0.497 e. The topological polar surface area (TPSA) is 18.5 Å². The van der Waals surface area contributed by atoms with Gasteiger partial charge in [0, 0.05) is 0 Å². The average Bonchev–Trinajstić information content (AvgIpc) is 3.07. The van der Waals surface area contributed by atoms with Crippen molar-refractivity contribution in [2.24, 2.45) is 0 Å². The molecule has 0 atom stereocenters. The van der Waals surface area contributed by atoms with Crippen LogP contribution in [0.2, 0.25) is 0 Å². The summed E-state index contributed by atoms with van der Waals surface area (Å²) in [4.78, 5) is 0. The molecule has 0 aromatic heterocycles. The van der Waals surface area contributed by atoms with Gasteiger partial charge in [-0.1, -0.05) is 30.3 Å². The standard InChI is InChI=1S/C23H19FO2/c1-25-19-9-5-15(6-10-19)22-14-17-13-20(26-2)11-12-21(17)23(22)16-3-7-18(24)8-4-16/h3-13H,14H2,1-2H3. The second-order valence-corrected chi connectivity index (χ2v) is 6.29. The zero-order valence-electron chi connectivity index (χ0n) is 14.8. The van der Waals surface area contributed by atoms with Gasteiger partial charge in [-0.2, -0.15) is 0 Å². The van der Waals surface area contributed by atoms with Gasteiger partial charge < -0.3 is 9.47 Å². The number of hydrogen-bond donors (Lipinski definition) is 0. The smallest absolute Gasteiger partial charge is 0.123 e. The monoisotopic (exact) mass is 346 g/mol. The second-order valence-electron chi connectivity index (χ2n) is 6.29. The number of rotatable bonds is 4. The van der Waals surface area contributed by atoms with E-state index in [1.165, 1.54) is 28.8 Å². The van der Waals surface area contributed by atoms with E-state index in [0.29, 0.717) is 0 Å². The Morgan fingerprint density at radius 3 is 2.00 bits per heavy atom. The van der Waals surface area contributed by atoms with Gasteiger partial charge in [0.2, 0.25) is 0 Å². The molecule has 0 bridgehead atoms. The number of hydrogen-bond acceptors (Lipinski definition) is 2. The van der Waals surface area contributed by atoms with Gasteiger partial charge in [-0.3, -0.25) is 0 Å². The molecule has 0 spiro atoms. The molecule has 3 aromatic carbocycles. The van der Waals surface area contributed by atoms with E-state index >= 15 is 0 Å². The van der Waals surface area contributed by atoms with Gasteiger partial charge in [0.1, 0.15) is 17.3 Å². The highest BCUT2D eigenvalue weighted by molar-refractivity contribution is 6.03. The van der Waals surface area contributed by atoms with Crippen LogP contribution < -0.4 is 9.47 Å². The molecule has 0 amide bonds. The molecule has 0 aliphatic heterocycles. The van der Waals surface area contributed by atoms with Crippen molar-refractivity contribution in [3.8, 4) is 11.5 Å². The first kappa shape index (κ1) is 16.4. The first-order valence-corrected chi connectivity index (χ1v) is 8.50. The van der Waals surface area contributed by atoms with Gasteiger partial charge in [-0.15, -0.1) is 0 Å². The van der Waals surface area contributed by atoms with Gasteiger partial charge in [-0.05, 0) is 76.2 Å². The highest BCUT2D eigenvalue weighted by Crippen LogP contribution is 2.43. The van der Waals surface area contributed by atoms with Crippen molar-refractivity contribution in [3.05, 3.63) is 94.8 Å². The van der Waals surface area contributed by atoms with Crippen molar-refractivity contribution in [1.82, 2.24) is 0 Å². The fourth-order valence-electron chi connectivity index (χ4n) is 3.51. The molecule has 3 aromatic rings. The molecule has 3 heteroatoms. The Morgan fingerprint density at radius 1 is 0.731 bits per heavy atom. The third-order valence-electron chi connectivity index (χ3n) is 4.82. The van der Waals surface area contributed by atoms with Crippen LogP contribution >= 0.6 is 0 Å². The van der Waals surface area contributed by atoms with Crippen molar-refractivity contribution in [2.75, 3.05) is 14.2 Å². The van der Waals surface area contributed by atoms with Gasteiger partial charge >= 0.3 is 0 Å². The number of benzene rings is 3. The summed E-state index contributed by atoms with van der Waals surface area (Å²) in [5.41, 5.74) is 6.91. The lowest BCUT2D eigenvalue weighted by Gasteiger charge is -2.11. The van der Waals surface area contributed by atoms with E-state index in [0.717, 1.165) is 34.6 Å². The Kier molecular flexibility index (Phi) is 4.21. The van der Waals surface area contributed by atoms with Crippen LogP contribution in [0.1, 0.15) is 22.3 Å². The highest BCUT2D eigenvalue weighted by atomic mass is 19.1. The van der Waals surface area contributed by atoms with Crippen LogP contribution in [0.3, 0.4) is 0 Å². The molecule has 0 saturated carbocycles. The van der Waals surface area contributed by atoms with Crippen molar-refractivity contribution in [2.45, 2.75) is 6.42 Å². The van der Waals surface area contributed by atoms with Crippen molar-refractivity contribution >= 4 is 11.1 Å². The Labute approximate surface area is 152 Å². The second kappa shape index (κ2) is 6.68. The Hall–Kier alpha value is -3.07. The fourth-order valence-corrected chi connectivity index (χ4v) is 3.51. The van der Waals surface area contributed by atoms with Crippen molar-refractivity contribution in [3.63, 3.8) is 0 Å². The van der Waals surface area contributed by atoms with Crippen LogP contribution in [-0.2, 0) is 6.42 Å². The van der Waals surface area contributed by atoms with Gasteiger partial charge in [0.15, 0.2) is 0 Å². The van der Waals surface area contributed by atoms with E-state index in [4.69, 9.17) is 9.47 Å². The maximum absolute atomic E-state index is 13.4. The molecule has 0 heterocycles. The fraction of sp³-hybridized carbons (Fsp3) is 0.130. The summed E-state index contributed by atoms with van der Waals surface area (Å²) in [6.45, 7) is 0. The zero-order chi connectivity index (χ0) is 18.1. The lowest BCUT2D eigenvalue weighted by Crippen LogP contribution is -1.91. The highest BCUT2D eigenvalue weighted by Gasteiger charge is 2.24. The molecular weight excluding hydrogens is 327 g/mol. The number of ether oxygens (including phenoxy) is 2. The summed E-state index contributed by atoms with van der Waals surface area (Å²) >= 11 is 0. The van der Waals surface area contributed by atoms with E-state index < -0.39 is 0 Å². The number of fused-ring (bicyclic) bond motifs is 1. The molecule has 1 aliphatic carbocycles. The van der Waals surface area contributed by atoms with E-state index in [1.54, 1.807) is 14.2 Å². The molecule has 1 aliphatic rings. The lowest BCUT2D eigenvalue weighted by atomic mass is 9.94. The molecule has 130 valence electrons. The maximum Gasteiger partial charge on any atom is 0.123 e. The summed E-state index contributed by atoms with van der Waals surface area (Å²) in [6.07, 6.45) is 0.811. The van der Waals surface area contributed by atoms with Crippen LogP contribution in [-0.4, -0.2) is 14.2 Å². The molecule has 2 nitrogen and oxygen atoms in total. The summed E-state index contributed by atoms with van der Waals surface area (Å²) in [6, 6.07) is 20.9. The molecule has 26 heavy (non-hydrogen) atoms. The minimum atomic E-state index is -0.228. The Morgan fingerprint density at radius 2 is 1.35 bits per heavy atom. The van der Waals surface area contributed by atoms with Crippen LogP contribution in [0.5, 0.6) is 11.5 Å². The van der Waals surface area contributed by atoms with Gasteiger partial charge in [0.25, 0.3) is 0 Å². The van der Waals surface area contributed by atoms with Crippen molar-refractivity contribution in [1.29, 1.82) is 0 Å². The third kappa shape index (κ3) is 2.86. The predicted octanol–water partition coefficient (Wildman–Crippen LogP) is 5.36. The van der Waals surface area contributed by atoms with E-state index in [1.807, 2.05) is 30.3 Å². The molecule has 0 radical (unpaired) electrons. The van der Waals surface area contributed by atoms with E-state index in [-0.39, 0.29) is 5.82 Å². The molecular formula is C23H19FO2. The summed E-state index contributed by atoms with van der Waals surface area (Å²) in [5, 5.41) is 0. The maximum atomic E-state index is 13.4. The molecule has 0 saturated heterocycles. The SMILES string of the molecule is COc1ccc(C2=C(c3ccc(F)cc3)c3ccc(OC)cc3C2)cc1. The largest absolute Gasteiger partial charge is 0.497 e. The van der Waals surface area contributed by atoms with Crippen LogP contribution in [0.4, 0.5) is 4.39 Å².